The van der Waals surface area contributed by atoms with E-state index in [1.54, 1.807) is 0 Å². The number of carbonyl (C=O) groups excluding carboxylic acids is 1. The Morgan fingerprint density at radius 2 is 2.10 bits per heavy atom. The van der Waals surface area contributed by atoms with E-state index in [2.05, 4.69) is 24.5 Å². The highest BCUT2D eigenvalue weighted by molar-refractivity contribution is 5.74. The van der Waals surface area contributed by atoms with Gasteiger partial charge in [-0.3, -0.25) is 4.79 Å². The lowest BCUT2D eigenvalue weighted by atomic mass is 9.64. The smallest absolute Gasteiger partial charge is 0.315 e. The lowest BCUT2D eigenvalue weighted by molar-refractivity contribution is -0.139. The standard InChI is InChI=1S/C14H26N2O5/c1-5-21-11-7-10(14(11,2)3)16-13(19)15-8-9(20-4)6-12(17)18/h9-11H,5-8H2,1-4H3,(H,17,18)(H2,15,16,19). The van der Waals surface area contributed by atoms with Gasteiger partial charge in [0.15, 0.2) is 0 Å². The van der Waals surface area contributed by atoms with Crippen LogP contribution >= 0.6 is 0 Å². The van der Waals surface area contributed by atoms with Crippen molar-refractivity contribution >= 4 is 12.0 Å². The molecule has 1 aliphatic rings. The van der Waals surface area contributed by atoms with Gasteiger partial charge in [-0.15, -0.1) is 0 Å². The van der Waals surface area contributed by atoms with Crippen molar-refractivity contribution in [1.29, 1.82) is 0 Å². The van der Waals surface area contributed by atoms with E-state index in [1.807, 2.05) is 6.92 Å². The molecule has 7 nitrogen and oxygen atoms in total. The van der Waals surface area contributed by atoms with Gasteiger partial charge >= 0.3 is 12.0 Å². The van der Waals surface area contributed by atoms with Crippen LogP contribution in [0.15, 0.2) is 0 Å². The molecule has 21 heavy (non-hydrogen) atoms. The number of amides is 2. The van der Waals surface area contributed by atoms with Crippen LogP contribution < -0.4 is 10.6 Å². The Morgan fingerprint density at radius 3 is 2.57 bits per heavy atom. The van der Waals surface area contributed by atoms with Crippen LogP contribution in [0, 0.1) is 5.41 Å². The largest absolute Gasteiger partial charge is 0.481 e. The van der Waals surface area contributed by atoms with Gasteiger partial charge in [-0.2, -0.15) is 0 Å². The quantitative estimate of drug-likeness (QED) is 0.621. The van der Waals surface area contributed by atoms with Crippen molar-refractivity contribution in [2.45, 2.75) is 51.9 Å². The zero-order chi connectivity index (χ0) is 16.0. The highest BCUT2D eigenvalue weighted by atomic mass is 16.5. The van der Waals surface area contributed by atoms with Crippen LogP contribution in [0.4, 0.5) is 4.79 Å². The van der Waals surface area contributed by atoms with Gasteiger partial charge in [-0.05, 0) is 13.3 Å². The minimum absolute atomic E-state index is 0.0505. The van der Waals surface area contributed by atoms with Crippen molar-refractivity contribution < 1.29 is 24.2 Å². The van der Waals surface area contributed by atoms with Crippen LogP contribution in [0.25, 0.3) is 0 Å². The fourth-order valence-electron chi connectivity index (χ4n) is 2.46. The fourth-order valence-corrected chi connectivity index (χ4v) is 2.46. The molecule has 1 saturated carbocycles. The summed E-state index contributed by atoms with van der Waals surface area (Å²) in [5.74, 6) is -0.955. The van der Waals surface area contributed by atoms with Crippen molar-refractivity contribution in [3.05, 3.63) is 0 Å². The Morgan fingerprint density at radius 1 is 1.43 bits per heavy atom. The molecule has 0 aliphatic heterocycles. The maximum absolute atomic E-state index is 11.8. The van der Waals surface area contributed by atoms with Crippen LogP contribution in [-0.2, 0) is 14.3 Å². The molecule has 0 radical (unpaired) electrons. The second-order valence-electron chi connectivity index (χ2n) is 5.86. The van der Waals surface area contributed by atoms with Crippen molar-refractivity contribution in [3.63, 3.8) is 0 Å². The third-order valence-corrected chi connectivity index (χ3v) is 4.08. The van der Waals surface area contributed by atoms with E-state index in [4.69, 9.17) is 14.6 Å². The Labute approximate surface area is 125 Å². The molecular formula is C14H26N2O5. The highest BCUT2D eigenvalue weighted by Crippen LogP contribution is 2.42. The Bertz CT molecular complexity index is 372. The average Bonchev–Trinajstić information content (AvgIpc) is 2.42. The molecular weight excluding hydrogens is 276 g/mol. The van der Waals surface area contributed by atoms with Crippen LogP contribution in [0.3, 0.4) is 0 Å². The van der Waals surface area contributed by atoms with E-state index in [0.717, 1.165) is 6.42 Å². The molecule has 7 heteroatoms. The molecule has 3 N–H and O–H groups in total. The summed E-state index contributed by atoms with van der Waals surface area (Å²) < 4.78 is 10.6. The van der Waals surface area contributed by atoms with Crippen LogP contribution in [-0.4, -0.2) is 55.6 Å². The molecule has 0 aromatic heterocycles. The van der Waals surface area contributed by atoms with Gasteiger partial charge in [0, 0.05) is 31.7 Å². The molecule has 0 spiro atoms. The summed E-state index contributed by atoms with van der Waals surface area (Å²) in [5, 5.41) is 14.2. The van der Waals surface area contributed by atoms with Crippen LogP contribution in [0.1, 0.15) is 33.6 Å². The Hall–Kier alpha value is -1.34. The summed E-state index contributed by atoms with van der Waals surface area (Å²) >= 11 is 0. The van der Waals surface area contributed by atoms with E-state index in [-0.39, 0.29) is 36.6 Å². The number of carboxylic acids is 1. The number of aliphatic carboxylic acids is 1. The number of ether oxygens (including phenoxy) is 2. The number of carbonyl (C=O) groups is 2. The molecule has 0 bridgehead atoms. The maximum Gasteiger partial charge on any atom is 0.315 e. The maximum atomic E-state index is 11.8. The number of hydrogen-bond donors (Lipinski definition) is 3. The van der Waals surface area contributed by atoms with Gasteiger partial charge in [0.1, 0.15) is 0 Å². The molecule has 0 aromatic rings. The zero-order valence-corrected chi connectivity index (χ0v) is 13.1. The third-order valence-electron chi connectivity index (χ3n) is 4.08. The Kier molecular flexibility index (Phi) is 6.42. The van der Waals surface area contributed by atoms with Gasteiger partial charge < -0.3 is 25.2 Å². The number of urea groups is 1. The number of methoxy groups -OCH3 is 1. The van der Waals surface area contributed by atoms with Crippen molar-refractivity contribution in [2.75, 3.05) is 20.3 Å². The molecule has 0 saturated heterocycles. The normalized spacial score (nSPS) is 24.8. The second kappa shape index (κ2) is 7.61. The molecule has 2 amide bonds. The predicted octanol–water partition coefficient (Wildman–Crippen LogP) is 0.979. The highest BCUT2D eigenvalue weighted by Gasteiger charge is 2.49. The number of rotatable bonds is 8. The minimum Gasteiger partial charge on any atom is -0.481 e. The van der Waals surface area contributed by atoms with E-state index in [9.17, 15) is 9.59 Å². The average molecular weight is 302 g/mol. The first-order chi connectivity index (χ1) is 9.81. The van der Waals surface area contributed by atoms with Gasteiger partial charge in [0.05, 0.1) is 18.6 Å². The summed E-state index contributed by atoms with van der Waals surface area (Å²) in [7, 11) is 1.43. The van der Waals surface area contributed by atoms with Crippen LogP contribution in [0.2, 0.25) is 0 Å². The van der Waals surface area contributed by atoms with Gasteiger partial charge in [-0.1, -0.05) is 13.8 Å². The number of carboxylic acid groups (broad SMARTS) is 1. The first kappa shape index (κ1) is 17.7. The van der Waals surface area contributed by atoms with Crippen molar-refractivity contribution in [3.8, 4) is 0 Å². The summed E-state index contributed by atoms with van der Waals surface area (Å²) in [6.45, 7) is 6.90. The molecule has 1 rings (SSSR count). The SMILES string of the molecule is CCOC1CC(NC(=O)NCC(CC(=O)O)OC)C1(C)C. The van der Waals surface area contributed by atoms with Crippen molar-refractivity contribution in [2.24, 2.45) is 5.41 Å². The molecule has 1 fully saturated rings. The summed E-state index contributed by atoms with van der Waals surface area (Å²) in [6, 6.07) is -0.259. The van der Waals surface area contributed by atoms with E-state index < -0.39 is 12.1 Å². The second-order valence-corrected chi connectivity index (χ2v) is 5.86. The monoisotopic (exact) mass is 302 g/mol. The predicted molar refractivity (Wildman–Crippen MR) is 77.2 cm³/mol. The number of hydrogen-bond acceptors (Lipinski definition) is 4. The Balaban J connectivity index is 2.33. The molecule has 122 valence electrons. The molecule has 3 unspecified atom stereocenters. The van der Waals surface area contributed by atoms with Crippen LogP contribution in [0.5, 0.6) is 0 Å². The molecule has 0 heterocycles. The summed E-state index contributed by atoms with van der Waals surface area (Å²) in [4.78, 5) is 22.4. The van der Waals surface area contributed by atoms with E-state index >= 15 is 0 Å². The molecule has 3 atom stereocenters. The van der Waals surface area contributed by atoms with E-state index in [1.165, 1.54) is 7.11 Å². The van der Waals surface area contributed by atoms with Gasteiger partial charge in [-0.25, -0.2) is 4.79 Å². The first-order valence-corrected chi connectivity index (χ1v) is 7.21. The summed E-state index contributed by atoms with van der Waals surface area (Å²) in [6.07, 6.45) is 0.278. The van der Waals surface area contributed by atoms with E-state index in [0.29, 0.717) is 6.61 Å². The molecule has 1 aliphatic carbocycles. The third kappa shape index (κ3) is 4.86. The van der Waals surface area contributed by atoms with Gasteiger partial charge in [0.2, 0.25) is 0 Å². The van der Waals surface area contributed by atoms with Crippen molar-refractivity contribution in [1.82, 2.24) is 10.6 Å². The lowest BCUT2D eigenvalue weighted by Crippen LogP contribution is -2.63. The lowest BCUT2D eigenvalue weighted by Gasteiger charge is -2.51. The van der Waals surface area contributed by atoms with Gasteiger partial charge in [0.25, 0.3) is 0 Å². The minimum atomic E-state index is -0.955. The number of nitrogens with one attached hydrogen (secondary N) is 2. The zero-order valence-electron chi connectivity index (χ0n) is 13.1. The fraction of sp³-hybridized carbons (Fsp3) is 0.857. The topological polar surface area (TPSA) is 96.9 Å². The summed E-state index contributed by atoms with van der Waals surface area (Å²) in [5.41, 5.74) is -0.102. The molecule has 0 aromatic carbocycles. The first-order valence-electron chi connectivity index (χ1n) is 7.21.